The van der Waals surface area contributed by atoms with Gasteiger partial charge in [-0.05, 0) is 25.1 Å². The van der Waals surface area contributed by atoms with E-state index >= 15 is 0 Å². The number of carbonyl (C=O) groups is 1. The minimum Gasteiger partial charge on any atom is -0.478 e. The zero-order valence-electron chi connectivity index (χ0n) is 9.49. The van der Waals surface area contributed by atoms with Crippen LogP contribution in [0.4, 0.5) is 13.2 Å². The highest BCUT2D eigenvalue weighted by Crippen LogP contribution is 2.31. The van der Waals surface area contributed by atoms with Crippen LogP contribution in [0.15, 0.2) is 40.8 Å². The van der Waals surface area contributed by atoms with Gasteiger partial charge in [0.05, 0.1) is 5.56 Å². The third-order valence-electron chi connectivity index (χ3n) is 2.14. The molecule has 0 saturated heterocycles. The summed E-state index contributed by atoms with van der Waals surface area (Å²) in [5, 5.41) is 8.60. The van der Waals surface area contributed by atoms with Crippen molar-refractivity contribution in [2.75, 3.05) is 5.75 Å². The average molecular weight is 276 g/mol. The molecule has 0 spiro atoms. The van der Waals surface area contributed by atoms with E-state index < -0.39 is 17.7 Å². The standard InChI is InChI=1S/C12H11F3O2S/c1-8(11(16)17)5-6-18-10-4-2-3-9(7-10)12(13,14)15/h2-5,7H,6H2,1H3,(H,16,17). The first-order chi connectivity index (χ1) is 8.30. The largest absolute Gasteiger partial charge is 0.478 e. The Morgan fingerprint density at radius 3 is 2.67 bits per heavy atom. The van der Waals surface area contributed by atoms with Gasteiger partial charge in [-0.2, -0.15) is 13.2 Å². The van der Waals surface area contributed by atoms with Gasteiger partial charge in [-0.3, -0.25) is 0 Å². The lowest BCUT2D eigenvalue weighted by Crippen LogP contribution is -2.04. The van der Waals surface area contributed by atoms with Gasteiger partial charge in [0.15, 0.2) is 0 Å². The smallest absolute Gasteiger partial charge is 0.416 e. The molecule has 1 aromatic carbocycles. The summed E-state index contributed by atoms with van der Waals surface area (Å²) in [7, 11) is 0. The lowest BCUT2D eigenvalue weighted by molar-refractivity contribution is -0.137. The maximum absolute atomic E-state index is 12.4. The molecule has 0 aliphatic carbocycles. The van der Waals surface area contributed by atoms with Crippen molar-refractivity contribution in [2.45, 2.75) is 18.0 Å². The van der Waals surface area contributed by atoms with Crippen LogP contribution < -0.4 is 0 Å². The molecule has 0 radical (unpaired) electrons. The van der Waals surface area contributed by atoms with Crippen molar-refractivity contribution in [1.29, 1.82) is 0 Å². The van der Waals surface area contributed by atoms with E-state index in [0.29, 0.717) is 10.6 Å². The van der Waals surface area contributed by atoms with Crippen molar-refractivity contribution >= 4 is 17.7 Å². The van der Waals surface area contributed by atoms with Crippen LogP contribution in [-0.2, 0) is 11.0 Å². The van der Waals surface area contributed by atoms with Crippen molar-refractivity contribution in [1.82, 2.24) is 0 Å². The second-order valence-corrected chi connectivity index (χ2v) is 4.62. The highest BCUT2D eigenvalue weighted by Gasteiger charge is 2.30. The molecule has 0 aromatic heterocycles. The van der Waals surface area contributed by atoms with Gasteiger partial charge in [0.25, 0.3) is 0 Å². The highest BCUT2D eigenvalue weighted by molar-refractivity contribution is 7.99. The average Bonchev–Trinajstić information content (AvgIpc) is 2.28. The highest BCUT2D eigenvalue weighted by atomic mass is 32.2. The maximum Gasteiger partial charge on any atom is 0.416 e. The summed E-state index contributed by atoms with van der Waals surface area (Å²) in [6.45, 7) is 1.44. The third kappa shape index (κ3) is 4.44. The molecular weight excluding hydrogens is 265 g/mol. The molecule has 1 aromatic rings. The first-order valence-corrected chi connectivity index (χ1v) is 5.99. The van der Waals surface area contributed by atoms with E-state index in [-0.39, 0.29) is 5.57 Å². The number of carboxylic acid groups (broad SMARTS) is 1. The fourth-order valence-corrected chi connectivity index (χ4v) is 2.02. The maximum atomic E-state index is 12.4. The summed E-state index contributed by atoms with van der Waals surface area (Å²) in [5.41, 5.74) is -0.527. The Bertz CT molecular complexity index is 467. The first-order valence-electron chi connectivity index (χ1n) is 5.01. The summed E-state index contributed by atoms with van der Waals surface area (Å²) < 4.78 is 37.3. The molecule has 98 valence electrons. The molecular formula is C12H11F3O2S. The van der Waals surface area contributed by atoms with Crippen LogP contribution in [0.2, 0.25) is 0 Å². The monoisotopic (exact) mass is 276 g/mol. The second kappa shape index (κ2) is 5.95. The molecule has 0 heterocycles. The number of thioether (sulfide) groups is 1. The van der Waals surface area contributed by atoms with E-state index in [0.717, 1.165) is 23.9 Å². The van der Waals surface area contributed by atoms with Gasteiger partial charge in [0.1, 0.15) is 0 Å². The van der Waals surface area contributed by atoms with Crippen molar-refractivity contribution in [2.24, 2.45) is 0 Å². The summed E-state index contributed by atoms with van der Waals surface area (Å²) in [6, 6.07) is 4.94. The molecule has 0 fully saturated rings. The minimum atomic E-state index is -4.36. The Balaban J connectivity index is 2.70. The minimum absolute atomic E-state index is 0.175. The van der Waals surface area contributed by atoms with Gasteiger partial charge in [-0.25, -0.2) is 4.79 Å². The molecule has 18 heavy (non-hydrogen) atoms. The Morgan fingerprint density at radius 1 is 1.44 bits per heavy atom. The molecule has 1 N–H and O–H groups in total. The Hall–Kier alpha value is -1.43. The predicted molar refractivity (Wildman–Crippen MR) is 63.6 cm³/mol. The van der Waals surface area contributed by atoms with Gasteiger partial charge in [0, 0.05) is 16.2 Å². The molecule has 6 heteroatoms. The zero-order chi connectivity index (χ0) is 13.8. The molecule has 0 aliphatic heterocycles. The number of rotatable bonds is 4. The number of alkyl halides is 3. The number of hydrogen-bond donors (Lipinski definition) is 1. The summed E-state index contributed by atoms with van der Waals surface area (Å²) in [4.78, 5) is 11.0. The summed E-state index contributed by atoms with van der Waals surface area (Å²) in [6.07, 6.45) is -2.89. The van der Waals surface area contributed by atoms with E-state index in [2.05, 4.69) is 0 Å². The van der Waals surface area contributed by atoms with Crippen LogP contribution >= 0.6 is 11.8 Å². The number of aliphatic carboxylic acids is 1. The molecule has 2 nitrogen and oxygen atoms in total. The molecule has 0 unspecified atom stereocenters. The van der Waals surface area contributed by atoms with Crippen molar-refractivity contribution in [3.63, 3.8) is 0 Å². The zero-order valence-corrected chi connectivity index (χ0v) is 10.3. The van der Waals surface area contributed by atoms with Crippen LogP contribution in [0.1, 0.15) is 12.5 Å². The van der Waals surface area contributed by atoms with E-state index in [1.54, 1.807) is 6.07 Å². The third-order valence-corrected chi connectivity index (χ3v) is 3.06. The quantitative estimate of drug-likeness (QED) is 0.671. The van der Waals surface area contributed by atoms with E-state index in [9.17, 15) is 18.0 Å². The molecule has 0 saturated carbocycles. The van der Waals surface area contributed by atoms with Crippen molar-refractivity contribution in [3.05, 3.63) is 41.5 Å². The Kier molecular flexibility index (Phi) is 4.84. The van der Waals surface area contributed by atoms with Gasteiger partial charge in [0.2, 0.25) is 0 Å². The fraction of sp³-hybridized carbons (Fsp3) is 0.250. The Morgan fingerprint density at radius 2 is 2.11 bits per heavy atom. The van der Waals surface area contributed by atoms with Crippen LogP contribution in [0.25, 0.3) is 0 Å². The molecule has 1 rings (SSSR count). The fourth-order valence-electron chi connectivity index (χ4n) is 1.11. The summed E-state index contributed by atoms with van der Waals surface area (Å²) >= 11 is 1.16. The number of benzene rings is 1. The topological polar surface area (TPSA) is 37.3 Å². The van der Waals surface area contributed by atoms with Crippen molar-refractivity contribution in [3.8, 4) is 0 Å². The normalized spacial score (nSPS) is 12.6. The van der Waals surface area contributed by atoms with Gasteiger partial charge in [-0.1, -0.05) is 12.1 Å². The van der Waals surface area contributed by atoms with Gasteiger partial charge < -0.3 is 5.11 Å². The molecule has 0 aliphatic rings. The predicted octanol–water partition coefficient (Wildman–Crippen LogP) is 3.83. The lowest BCUT2D eigenvalue weighted by atomic mass is 10.2. The summed E-state index contributed by atoms with van der Waals surface area (Å²) in [5.74, 6) is -0.709. The van der Waals surface area contributed by atoms with Crippen molar-refractivity contribution < 1.29 is 23.1 Å². The van der Waals surface area contributed by atoms with E-state index in [4.69, 9.17) is 5.11 Å². The van der Waals surface area contributed by atoms with Gasteiger partial charge in [-0.15, -0.1) is 11.8 Å². The molecule has 0 bridgehead atoms. The molecule has 0 amide bonds. The number of hydrogen-bond acceptors (Lipinski definition) is 2. The van der Waals surface area contributed by atoms with Crippen LogP contribution in [-0.4, -0.2) is 16.8 Å². The van der Waals surface area contributed by atoms with E-state index in [1.165, 1.54) is 19.1 Å². The first kappa shape index (κ1) is 14.6. The SMILES string of the molecule is CC(=CCSc1cccc(C(F)(F)F)c1)C(=O)O. The lowest BCUT2D eigenvalue weighted by Gasteiger charge is -2.07. The number of halogens is 3. The van der Waals surface area contributed by atoms with Crippen LogP contribution in [0, 0.1) is 0 Å². The van der Waals surface area contributed by atoms with Crippen LogP contribution in [0.3, 0.4) is 0 Å². The molecule has 0 atom stereocenters. The Labute approximate surface area is 107 Å². The van der Waals surface area contributed by atoms with Crippen LogP contribution in [0.5, 0.6) is 0 Å². The number of carboxylic acids is 1. The van der Waals surface area contributed by atoms with Gasteiger partial charge >= 0.3 is 12.1 Å². The van der Waals surface area contributed by atoms with E-state index in [1.807, 2.05) is 0 Å². The second-order valence-electron chi connectivity index (χ2n) is 3.53.